The van der Waals surface area contributed by atoms with E-state index >= 15 is 0 Å². The molecule has 1 saturated heterocycles. The molecule has 1 unspecified atom stereocenters. The zero-order valence-corrected chi connectivity index (χ0v) is 16.2. The van der Waals surface area contributed by atoms with Gasteiger partial charge in [-0.2, -0.15) is 0 Å². The van der Waals surface area contributed by atoms with Crippen LogP contribution in [0.25, 0.3) is 0 Å². The Morgan fingerprint density at radius 2 is 1.89 bits per heavy atom. The molecule has 0 bridgehead atoms. The van der Waals surface area contributed by atoms with E-state index in [1.165, 1.54) is 18.6 Å². The number of carbonyl (C=O) groups is 2. The number of anilines is 1. The molecule has 0 aromatic heterocycles. The summed E-state index contributed by atoms with van der Waals surface area (Å²) in [6.07, 6.45) is 3.48. The number of amides is 2. The molecule has 2 aromatic carbocycles. The summed E-state index contributed by atoms with van der Waals surface area (Å²) in [5, 5.41) is 5.58. The molecular formula is C21H22FN3O2S. The molecule has 2 aromatic rings. The summed E-state index contributed by atoms with van der Waals surface area (Å²) in [5.74, 6) is -0.561. The van der Waals surface area contributed by atoms with Crippen LogP contribution in [0, 0.1) is 5.82 Å². The molecule has 2 amide bonds. The number of nitrogens with one attached hydrogen (secondary N) is 2. The van der Waals surface area contributed by atoms with E-state index in [2.05, 4.69) is 15.5 Å². The molecule has 28 heavy (non-hydrogen) atoms. The fourth-order valence-electron chi connectivity index (χ4n) is 3.52. The van der Waals surface area contributed by atoms with E-state index in [9.17, 15) is 14.0 Å². The number of carbonyl (C=O) groups excluding carboxylic acids is 2. The topological polar surface area (TPSA) is 61.4 Å². The molecule has 0 radical (unpaired) electrons. The van der Waals surface area contributed by atoms with Crippen LogP contribution in [0.15, 0.2) is 47.4 Å². The number of hydrogen-bond acceptors (Lipinski definition) is 4. The van der Waals surface area contributed by atoms with Crippen LogP contribution >= 0.6 is 11.8 Å². The van der Waals surface area contributed by atoms with Crippen LogP contribution in [-0.2, 0) is 11.3 Å². The van der Waals surface area contributed by atoms with Crippen molar-refractivity contribution >= 4 is 29.3 Å². The largest absolute Gasteiger partial charge is 0.348 e. The highest BCUT2D eigenvalue weighted by molar-refractivity contribution is 8.00. The van der Waals surface area contributed by atoms with Crippen molar-refractivity contribution in [3.05, 3.63) is 59.4 Å². The van der Waals surface area contributed by atoms with Crippen LogP contribution in [0.4, 0.5) is 10.1 Å². The molecule has 4 rings (SSSR count). The van der Waals surface area contributed by atoms with Gasteiger partial charge in [0.1, 0.15) is 11.2 Å². The van der Waals surface area contributed by atoms with Gasteiger partial charge in [0.2, 0.25) is 0 Å². The quantitative estimate of drug-likeness (QED) is 0.825. The Morgan fingerprint density at radius 1 is 1.14 bits per heavy atom. The molecule has 0 saturated carbocycles. The zero-order valence-electron chi connectivity index (χ0n) is 15.4. The Kier molecular flexibility index (Phi) is 5.64. The van der Waals surface area contributed by atoms with Gasteiger partial charge in [-0.25, -0.2) is 4.39 Å². The summed E-state index contributed by atoms with van der Waals surface area (Å²) in [6.45, 7) is 2.21. The van der Waals surface area contributed by atoms with Crippen molar-refractivity contribution in [3.8, 4) is 0 Å². The van der Waals surface area contributed by atoms with Crippen LogP contribution in [0.2, 0.25) is 0 Å². The lowest BCUT2D eigenvalue weighted by molar-refractivity contribution is -0.118. The molecule has 2 heterocycles. The molecule has 1 atom stereocenters. The molecule has 2 aliphatic rings. The number of nitrogens with zero attached hydrogens (tertiary/aromatic N) is 1. The third-order valence-corrected chi connectivity index (χ3v) is 6.40. The van der Waals surface area contributed by atoms with Crippen LogP contribution in [0.5, 0.6) is 0 Å². The number of benzene rings is 2. The average molecular weight is 399 g/mol. The lowest BCUT2D eigenvalue weighted by Gasteiger charge is -2.35. The molecular weight excluding hydrogens is 377 g/mol. The van der Waals surface area contributed by atoms with Gasteiger partial charge in [-0.05, 0) is 61.8 Å². The van der Waals surface area contributed by atoms with Crippen molar-refractivity contribution in [2.24, 2.45) is 0 Å². The van der Waals surface area contributed by atoms with Crippen molar-refractivity contribution in [3.63, 3.8) is 0 Å². The third-order valence-electron chi connectivity index (χ3n) is 5.05. The maximum atomic E-state index is 13.0. The maximum absolute atomic E-state index is 13.0. The minimum absolute atomic E-state index is 0.0247. The molecule has 2 aliphatic heterocycles. The number of rotatable bonds is 4. The van der Waals surface area contributed by atoms with Crippen LogP contribution in [0.1, 0.15) is 35.2 Å². The standard InChI is InChI=1S/C21H22FN3O2S/c22-16-7-4-14(5-8-16)13-23-19(26)15-6-9-18-17(12-15)24-20(27)21(28-18)25-10-2-1-3-11-25/h4-9,12,21H,1-3,10-11,13H2,(H,23,26)(H,24,27). The number of halogens is 1. The third kappa shape index (κ3) is 4.20. The lowest BCUT2D eigenvalue weighted by Crippen LogP contribution is -2.46. The summed E-state index contributed by atoms with van der Waals surface area (Å²) in [5.41, 5.74) is 1.98. The van der Waals surface area contributed by atoms with Crippen LogP contribution in [-0.4, -0.2) is 35.2 Å². The van der Waals surface area contributed by atoms with Crippen LogP contribution < -0.4 is 10.6 Å². The van der Waals surface area contributed by atoms with Crippen molar-refractivity contribution in [1.82, 2.24) is 10.2 Å². The second-order valence-electron chi connectivity index (χ2n) is 7.08. The first-order chi connectivity index (χ1) is 13.6. The average Bonchev–Trinajstić information content (AvgIpc) is 2.73. The first-order valence-electron chi connectivity index (χ1n) is 9.48. The molecule has 5 nitrogen and oxygen atoms in total. The van der Waals surface area contributed by atoms with Gasteiger partial charge in [0.25, 0.3) is 11.8 Å². The fraction of sp³-hybridized carbons (Fsp3) is 0.333. The fourth-order valence-corrected chi connectivity index (χ4v) is 4.67. The summed E-state index contributed by atoms with van der Waals surface area (Å²) >= 11 is 1.55. The normalized spacial score (nSPS) is 19.6. The van der Waals surface area contributed by atoms with Gasteiger partial charge < -0.3 is 10.6 Å². The highest BCUT2D eigenvalue weighted by atomic mass is 32.2. The second-order valence-corrected chi connectivity index (χ2v) is 8.20. The summed E-state index contributed by atoms with van der Waals surface area (Å²) in [4.78, 5) is 28.2. The van der Waals surface area contributed by atoms with E-state index in [4.69, 9.17) is 0 Å². The number of fused-ring (bicyclic) bond motifs is 1. The van der Waals surface area contributed by atoms with Crippen molar-refractivity contribution in [1.29, 1.82) is 0 Å². The van der Waals surface area contributed by atoms with Gasteiger partial charge >= 0.3 is 0 Å². The zero-order chi connectivity index (χ0) is 19.5. The van der Waals surface area contributed by atoms with Gasteiger partial charge in [0.15, 0.2) is 0 Å². The Labute approximate surface area is 167 Å². The number of hydrogen-bond donors (Lipinski definition) is 2. The summed E-state index contributed by atoms with van der Waals surface area (Å²) < 4.78 is 13.0. The predicted octanol–water partition coefficient (Wildman–Crippen LogP) is 3.61. The minimum Gasteiger partial charge on any atom is -0.348 e. The lowest BCUT2D eigenvalue weighted by atomic mass is 10.1. The SMILES string of the molecule is O=C(NCc1ccc(F)cc1)c1ccc2c(c1)NC(=O)C(N1CCCCC1)S2. The number of thioether (sulfide) groups is 1. The smallest absolute Gasteiger partial charge is 0.252 e. The van der Waals surface area contributed by atoms with Gasteiger partial charge in [-0.1, -0.05) is 30.3 Å². The Bertz CT molecular complexity index is 882. The number of likely N-dealkylation sites (tertiary alicyclic amines) is 1. The van der Waals surface area contributed by atoms with Gasteiger partial charge in [0, 0.05) is 17.0 Å². The first-order valence-corrected chi connectivity index (χ1v) is 10.4. The summed E-state index contributed by atoms with van der Waals surface area (Å²) in [6, 6.07) is 11.4. The minimum atomic E-state index is -0.305. The van der Waals surface area contributed by atoms with Gasteiger partial charge in [-0.15, -0.1) is 0 Å². The second kappa shape index (κ2) is 8.32. The van der Waals surface area contributed by atoms with E-state index in [-0.39, 0.29) is 23.0 Å². The first kappa shape index (κ1) is 19.0. The van der Waals surface area contributed by atoms with Crippen molar-refractivity contribution < 1.29 is 14.0 Å². The highest BCUT2D eigenvalue weighted by Crippen LogP contribution is 2.38. The molecule has 2 N–H and O–H groups in total. The predicted molar refractivity (Wildman–Crippen MR) is 108 cm³/mol. The van der Waals surface area contributed by atoms with Crippen LogP contribution in [0.3, 0.4) is 0 Å². The maximum Gasteiger partial charge on any atom is 0.252 e. The molecule has 0 spiro atoms. The van der Waals surface area contributed by atoms with Crippen molar-refractivity contribution in [2.75, 3.05) is 18.4 Å². The van der Waals surface area contributed by atoms with Crippen molar-refractivity contribution in [2.45, 2.75) is 36.1 Å². The highest BCUT2D eigenvalue weighted by Gasteiger charge is 2.33. The van der Waals surface area contributed by atoms with E-state index in [0.717, 1.165) is 36.4 Å². The molecule has 1 fully saturated rings. The van der Waals surface area contributed by atoms with E-state index < -0.39 is 0 Å². The molecule has 146 valence electrons. The van der Waals surface area contributed by atoms with E-state index in [1.54, 1.807) is 36.0 Å². The Morgan fingerprint density at radius 3 is 2.64 bits per heavy atom. The monoisotopic (exact) mass is 399 g/mol. The number of piperidine rings is 1. The van der Waals surface area contributed by atoms with Gasteiger partial charge in [0.05, 0.1) is 5.69 Å². The summed E-state index contributed by atoms with van der Waals surface area (Å²) in [7, 11) is 0. The molecule has 7 heteroatoms. The Balaban J connectivity index is 1.42. The Hall–Kier alpha value is -2.38. The van der Waals surface area contributed by atoms with Gasteiger partial charge in [-0.3, -0.25) is 14.5 Å². The molecule has 0 aliphatic carbocycles. The van der Waals surface area contributed by atoms with E-state index in [0.29, 0.717) is 17.8 Å². The van der Waals surface area contributed by atoms with E-state index in [1.807, 2.05) is 6.07 Å².